The minimum absolute atomic E-state index is 0.0651. The smallest absolute Gasteiger partial charge is 0.320 e. The van der Waals surface area contributed by atoms with E-state index >= 15 is 0 Å². The number of rotatable bonds is 5. The Labute approximate surface area is 155 Å². The molecular formula is C20H29N3O3. The largest absolute Gasteiger partial charge is 0.480 e. The van der Waals surface area contributed by atoms with Gasteiger partial charge in [-0.05, 0) is 38.3 Å². The van der Waals surface area contributed by atoms with Gasteiger partial charge in [-0.3, -0.25) is 19.4 Å². The van der Waals surface area contributed by atoms with Crippen molar-refractivity contribution in [1.29, 1.82) is 0 Å². The van der Waals surface area contributed by atoms with Crippen LogP contribution in [0.5, 0.6) is 0 Å². The quantitative estimate of drug-likeness (QED) is 0.865. The number of carbonyl (C=O) groups excluding carboxylic acids is 1. The van der Waals surface area contributed by atoms with Crippen molar-refractivity contribution < 1.29 is 14.7 Å². The third kappa shape index (κ3) is 4.83. The minimum Gasteiger partial charge on any atom is -0.480 e. The van der Waals surface area contributed by atoms with E-state index in [-0.39, 0.29) is 12.5 Å². The highest BCUT2D eigenvalue weighted by molar-refractivity contribution is 5.80. The molecule has 0 bridgehead atoms. The number of nitrogens with zero attached hydrogens (tertiary/aromatic N) is 3. The number of hydrogen-bond acceptors (Lipinski definition) is 4. The number of carboxylic acid groups (broad SMARTS) is 1. The number of amides is 1. The molecule has 1 N–H and O–H groups in total. The summed E-state index contributed by atoms with van der Waals surface area (Å²) < 4.78 is 0. The van der Waals surface area contributed by atoms with Gasteiger partial charge in [0.1, 0.15) is 6.04 Å². The number of carboxylic acids is 1. The van der Waals surface area contributed by atoms with E-state index < -0.39 is 12.0 Å². The van der Waals surface area contributed by atoms with E-state index in [4.69, 9.17) is 0 Å². The van der Waals surface area contributed by atoms with E-state index in [1.165, 1.54) is 11.1 Å². The fraction of sp³-hybridized carbons (Fsp3) is 0.600. The molecule has 0 saturated carbocycles. The maximum absolute atomic E-state index is 12.7. The Kier molecular flexibility index (Phi) is 6.27. The Morgan fingerprint density at radius 2 is 1.81 bits per heavy atom. The zero-order valence-corrected chi connectivity index (χ0v) is 15.6. The molecule has 26 heavy (non-hydrogen) atoms. The maximum Gasteiger partial charge on any atom is 0.320 e. The average Bonchev–Trinajstić information content (AvgIpc) is 2.95. The van der Waals surface area contributed by atoms with Gasteiger partial charge in [0.15, 0.2) is 0 Å². The Bertz CT molecular complexity index is 632. The molecule has 0 spiro atoms. The Balaban J connectivity index is 1.50. The number of aryl methyl sites for hydroxylation is 1. The van der Waals surface area contributed by atoms with Crippen LogP contribution >= 0.6 is 0 Å². The fourth-order valence-corrected chi connectivity index (χ4v) is 3.90. The van der Waals surface area contributed by atoms with Crippen molar-refractivity contribution in [2.75, 3.05) is 39.3 Å². The summed E-state index contributed by atoms with van der Waals surface area (Å²) in [6, 6.07) is 8.12. The molecule has 1 atom stereocenters. The van der Waals surface area contributed by atoms with Gasteiger partial charge in [0.05, 0.1) is 6.54 Å². The molecular weight excluding hydrogens is 330 g/mol. The van der Waals surface area contributed by atoms with Crippen molar-refractivity contribution >= 4 is 11.9 Å². The lowest BCUT2D eigenvalue weighted by atomic mass is 10.1. The first-order valence-electron chi connectivity index (χ1n) is 9.55. The predicted octanol–water partition coefficient (Wildman–Crippen LogP) is 1.58. The summed E-state index contributed by atoms with van der Waals surface area (Å²) in [6.45, 7) is 7.27. The van der Waals surface area contributed by atoms with Gasteiger partial charge in [0.2, 0.25) is 5.91 Å². The normalized spacial score (nSPS) is 22.3. The highest BCUT2D eigenvalue weighted by Crippen LogP contribution is 2.18. The lowest BCUT2D eigenvalue weighted by Crippen LogP contribution is -2.45. The zero-order valence-electron chi connectivity index (χ0n) is 15.6. The Morgan fingerprint density at radius 1 is 1.04 bits per heavy atom. The van der Waals surface area contributed by atoms with Crippen molar-refractivity contribution in [3.05, 3.63) is 35.4 Å². The van der Waals surface area contributed by atoms with Gasteiger partial charge in [0, 0.05) is 32.7 Å². The molecule has 1 amide bonds. The van der Waals surface area contributed by atoms with Gasteiger partial charge in [-0.15, -0.1) is 0 Å². The van der Waals surface area contributed by atoms with E-state index in [0.29, 0.717) is 13.0 Å². The van der Waals surface area contributed by atoms with E-state index in [1.807, 2.05) is 9.80 Å². The van der Waals surface area contributed by atoms with Crippen molar-refractivity contribution in [3.8, 4) is 0 Å². The molecule has 0 aromatic heterocycles. The van der Waals surface area contributed by atoms with E-state index in [9.17, 15) is 14.7 Å². The lowest BCUT2D eigenvalue weighted by molar-refractivity contribution is -0.143. The molecule has 2 heterocycles. The van der Waals surface area contributed by atoms with Gasteiger partial charge in [-0.1, -0.05) is 29.8 Å². The zero-order chi connectivity index (χ0) is 18.5. The monoisotopic (exact) mass is 359 g/mol. The summed E-state index contributed by atoms with van der Waals surface area (Å²) in [5.41, 5.74) is 2.57. The first-order chi connectivity index (χ1) is 12.5. The fourth-order valence-electron chi connectivity index (χ4n) is 3.90. The highest BCUT2D eigenvalue weighted by atomic mass is 16.4. The standard InChI is InChI=1S/C20H29N3O3/c1-16-5-7-17(8-6-16)14-21-9-3-11-22(13-12-21)19(24)15-23-10-2-4-18(23)20(25)26/h5-8,18H,2-4,9-15H2,1H3,(H,25,26). The van der Waals surface area contributed by atoms with Crippen molar-refractivity contribution in [1.82, 2.24) is 14.7 Å². The first kappa shape index (κ1) is 18.9. The molecule has 6 heteroatoms. The number of hydrogen-bond donors (Lipinski definition) is 1. The number of benzene rings is 1. The summed E-state index contributed by atoms with van der Waals surface area (Å²) in [7, 11) is 0. The minimum atomic E-state index is -0.810. The second kappa shape index (κ2) is 8.64. The SMILES string of the molecule is Cc1ccc(CN2CCCN(C(=O)CN3CCCC3C(=O)O)CC2)cc1. The topological polar surface area (TPSA) is 64.1 Å². The third-order valence-corrected chi connectivity index (χ3v) is 5.46. The van der Waals surface area contributed by atoms with Crippen LogP contribution in [0.1, 0.15) is 30.4 Å². The summed E-state index contributed by atoms with van der Waals surface area (Å²) in [5.74, 6) is -0.745. The summed E-state index contributed by atoms with van der Waals surface area (Å²) in [6.07, 6.45) is 2.46. The molecule has 2 saturated heterocycles. The van der Waals surface area contributed by atoms with Crippen LogP contribution in [0.2, 0.25) is 0 Å². The molecule has 3 rings (SSSR count). The van der Waals surface area contributed by atoms with Crippen LogP contribution in [-0.4, -0.2) is 77.0 Å². The second-order valence-electron chi connectivity index (χ2n) is 7.46. The Hall–Kier alpha value is -1.92. The Morgan fingerprint density at radius 3 is 2.54 bits per heavy atom. The van der Waals surface area contributed by atoms with Crippen molar-refractivity contribution in [3.63, 3.8) is 0 Å². The van der Waals surface area contributed by atoms with Crippen LogP contribution in [-0.2, 0) is 16.1 Å². The molecule has 1 unspecified atom stereocenters. The average molecular weight is 359 g/mol. The van der Waals surface area contributed by atoms with Crippen LogP contribution in [0, 0.1) is 6.92 Å². The second-order valence-corrected chi connectivity index (χ2v) is 7.46. The molecule has 2 aliphatic rings. The van der Waals surface area contributed by atoms with Gasteiger partial charge in [0.25, 0.3) is 0 Å². The van der Waals surface area contributed by atoms with Crippen LogP contribution in [0.3, 0.4) is 0 Å². The lowest BCUT2D eigenvalue weighted by Gasteiger charge is -2.26. The van der Waals surface area contributed by atoms with Crippen LogP contribution in [0.4, 0.5) is 0 Å². The summed E-state index contributed by atoms with van der Waals surface area (Å²) in [4.78, 5) is 30.1. The van der Waals surface area contributed by atoms with Crippen LogP contribution < -0.4 is 0 Å². The van der Waals surface area contributed by atoms with Gasteiger partial charge >= 0.3 is 5.97 Å². The van der Waals surface area contributed by atoms with Crippen LogP contribution in [0.15, 0.2) is 24.3 Å². The van der Waals surface area contributed by atoms with Gasteiger partial charge < -0.3 is 10.0 Å². The van der Waals surface area contributed by atoms with Crippen molar-refractivity contribution in [2.24, 2.45) is 0 Å². The molecule has 6 nitrogen and oxygen atoms in total. The molecule has 1 aromatic rings. The first-order valence-corrected chi connectivity index (χ1v) is 9.55. The van der Waals surface area contributed by atoms with Gasteiger partial charge in [-0.25, -0.2) is 0 Å². The summed E-state index contributed by atoms with van der Waals surface area (Å²) >= 11 is 0. The number of likely N-dealkylation sites (tertiary alicyclic amines) is 1. The van der Waals surface area contributed by atoms with E-state index in [2.05, 4.69) is 36.1 Å². The molecule has 0 radical (unpaired) electrons. The number of aliphatic carboxylic acids is 1. The van der Waals surface area contributed by atoms with Crippen molar-refractivity contribution in [2.45, 2.75) is 38.8 Å². The van der Waals surface area contributed by atoms with Gasteiger partial charge in [-0.2, -0.15) is 0 Å². The predicted molar refractivity (Wildman–Crippen MR) is 99.9 cm³/mol. The maximum atomic E-state index is 12.7. The molecule has 1 aromatic carbocycles. The van der Waals surface area contributed by atoms with E-state index in [0.717, 1.165) is 45.6 Å². The molecule has 2 fully saturated rings. The van der Waals surface area contributed by atoms with E-state index in [1.54, 1.807) is 0 Å². The molecule has 0 aliphatic carbocycles. The summed E-state index contributed by atoms with van der Waals surface area (Å²) in [5, 5.41) is 9.27. The molecule has 142 valence electrons. The number of carbonyl (C=O) groups is 2. The molecule has 2 aliphatic heterocycles. The highest BCUT2D eigenvalue weighted by Gasteiger charge is 2.32. The van der Waals surface area contributed by atoms with Crippen LogP contribution in [0.25, 0.3) is 0 Å². The third-order valence-electron chi connectivity index (χ3n) is 5.46.